The van der Waals surface area contributed by atoms with Gasteiger partial charge in [-0.15, -0.1) is 11.8 Å². The number of pyridine rings is 1. The number of methoxy groups -OCH3 is 1. The fraction of sp³-hybridized carbons (Fsp3) is 0.222. The van der Waals surface area contributed by atoms with Gasteiger partial charge < -0.3 is 10.1 Å². The molecular formula is C18H18N4O4S. The van der Waals surface area contributed by atoms with Crippen LogP contribution in [0.2, 0.25) is 0 Å². The predicted octanol–water partition coefficient (Wildman–Crippen LogP) is 1.37. The van der Waals surface area contributed by atoms with E-state index in [9.17, 15) is 14.4 Å². The molecule has 0 saturated heterocycles. The zero-order chi connectivity index (χ0) is 19.6. The van der Waals surface area contributed by atoms with Crippen LogP contribution in [0, 0.1) is 0 Å². The van der Waals surface area contributed by atoms with E-state index < -0.39 is 11.2 Å². The Balaban J connectivity index is 1.84. The molecule has 2 aromatic heterocycles. The van der Waals surface area contributed by atoms with Crippen LogP contribution in [0.5, 0.6) is 5.75 Å². The number of carbonyl (C=O) groups excluding carboxylic acids is 1. The summed E-state index contributed by atoms with van der Waals surface area (Å²) in [6, 6.07) is 8.71. The van der Waals surface area contributed by atoms with Crippen LogP contribution in [-0.2, 0) is 18.9 Å². The van der Waals surface area contributed by atoms with Crippen molar-refractivity contribution in [2.75, 3.05) is 18.2 Å². The summed E-state index contributed by atoms with van der Waals surface area (Å²) in [6.45, 7) is 0. The summed E-state index contributed by atoms with van der Waals surface area (Å²) in [5.41, 5.74) is 0.0361. The van der Waals surface area contributed by atoms with E-state index in [2.05, 4.69) is 10.3 Å². The molecule has 3 aromatic rings. The summed E-state index contributed by atoms with van der Waals surface area (Å²) in [7, 11) is 4.53. The smallest absolute Gasteiger partial charge is 0.332 e. The van der Waals surface area contributed by atoms with Gasteiger partial charge >= 0.3 is 5.69 Å². The van der Waals surface area contributed by atoms with Crippen molar-refractivity contribution in [2.24, 2.45) is 14.1 Å². The lowest BCUT2D eigenvalue weighted by molar-refractivity contribution is -0.113. The van der Waals surface area contributed by atoms with Gasteiger partial charge in [-0.05, 0) is 18.2 Å². The van der Waals surface area contributed by atoms with Crippen molar-refractivity contribution in [2.45, 2.75) is 4.90 Å². The van der Waals surface area contributed by atoms with Crippen molar-refractivity contribution in [3.8, 4) is 5.75 Å². The van der Waals surface area contributed by atoms with Crippen LogP contribution >= 0.6 is 11.8 Å². The second-order valence-electron chi connectivity index (χ2n) is 5.78. The van der Waals surface area contributed by atoms with Gasteiger partial charge in [-0.1, -0.05) is 6.07 Å². The largest absolute Gasteiger partial charge is 0.497 e. The zero-order valence-corrected chi connectivity index (χ0v) is 15.9. The number of rotatable bonds is 5. The summed E-state index contributed by atoms with van der Waals surface area (Å²) < 4.78 is 7.48. The maximum Gasteiger partial charge on any atom is 0.332 e. The van der Waals surface area contributed by atoms with Gasteiger partial charge in [0, 0.05) is 36.9 Å². The third-order valence-electron chi connectivity index (χ3n) is 4.02. The summed E-state index contributed by atoms with van der Waals surface area (Å²) in [4.78, 5) is 41.6. The molecule has 1 amide bonds. The first-order valence-electron chi connectivity index (χ1n) is 8.04. The first kappa shape index (κ1) is 18.7. The maximum absolute atomic E-state index is 12.5. The zero-order valence-electron chi connectivity index (χ0n) is 15.1. The van der Waals surface area contributed by atoms with Crippen molar-refractivity contribution < 1.29 is 9.53 Å². The Labute approximate surface area is 158 Å². The Hall–Kier alpha value is -3.07. The topological polar surface area (TPSA) is 95.2 Å². The van der Waals surface area contributed by atoms with Gasteiger partial charge in [0.15, 0.2) is 0 Å². The highest BCUT2D eigenvalue weighted by Gasteiger charge is 2.14. The van der Waals surface area contributed by atoms with Gasteiger partial charge in [0.25, 0.3) is 5.56 Å². The molecule has 0 atom stereocenters. The molecule has 0 aliphatic carbocycles. The number of ether oxygens (including phenoxy) is 1. The van der Waals surface area contributed by atoms with Crippen LogP contribution in [0.3, 0.4) is 0 Å². The average molecular weight is 386 g/mol. The molecule has 2 heterocycles. The molecule has 8 nitrogen and oxygen atoms in total. The number of anilines is 1. The number of amides is 1. The summed E-state index contributed by atoms with van der Waals surface area (Å²) in [5.74, 6) is 0.521. The van der Waals surface area contributed by atoms with Gasteiger partial charge in [0.05, 0.1) is 18.2 Å². The minimum absolute atomic E-state index is 0.0995. The van der Waals surface area contributed by atoms with E-state index in [0.717, 1.165) is 4.57 Å². The first-order chi connectivity index (χ1) is 12.9. The molecule has 3 rings (SSSR count). The molecule has 0 radical (unpaired) electrons. The molecule has 9 heteroatoms. The number of aromatic nitrogens is 3. The van der Waals surface area contributed by atoms with Crippen molar-refractivity contribution in [1.29, 1.82) is 0 Å². The maximum atomic E-state index is 12.5. The summed E-state index contributed by atoms with van der Waals surface area (Å²) >= 11 is 1.21. The highest BCUT2D eigenvalue weighted by molar-refractivity contribution is 8.00. The van der Waals surface area contributed by atoms with Crippen molar-refractivity contribution in [1.82, 2.24) is 14.1 Å². The molecular weight excluding hydrogens is 368 g/mol. The van der Waals surface area contributed by atoms with E-state index in [-0.39, 0.29) is 11.7 Å². The standard InChI is InChI=1S/C18H18N4O4S/c1-21-16-15(17(24)22(2)18(21)25)13(7-8-19-16)27-10-14(23)20-11-5-4-6-12(9-11)26-3/h4-9H,10H2,1-3H3,(H,20,23). The normalized spacial score (nSPS) is 10.8. The fourth-order valence-electron chi connectivity index (χ4n) is 2.62. The van der Waals surface area contributed by atoms with E-state index >= 15 is 0 Å². The van der Waals surface area contributed by atoms with E-state index in [1.54, 1.807) is 44.5 Å². The molecule has 0 bridgehead atoms. The predicted molar refractivity (Wildman–Crippen MR) is 105 cm³/mol. The molecule has 0 aliphatic rings. The number of nitrogens with zero attached hydrogens (tertiary/aromatic N) is 3. The van der Waals surface area contributed by atoms with Crippen LogP contribution in [0.1, 0.15) is 0 Å². The third-order valence-corrected chi connectivity index (χ3v) is 5.07. The number of thioether (sulfide) groups is 1. The molecule has 0 saturated carbocycles. The number of carbonyl (C=O) groups is 1. The van der Waals surface area contributed by atoms with Crippen molar-refractivity contribution in [3.63, 3.8) is 0 Å². The molecule has 1 N–H and O–H groups in total. The Morgan fingerprint density at radius 1 is 1.22 bits per heavy atom. The van der Waals surface area contributed by atoms with Gasteiger partial charge in [-0.25, -0.2) is 9.78 Å². The quantitative estimate of drug-likeness (QED) is 0.666. The van der Waals surface area contributed by atoms with Crippen LogP contribution < -0.4 is 21.3 Å². The van der Waals surface area contributed by atoms with Gasteiger partial charge in [0.2, 0.25) is 5.91 Å². The molecule has 0 aliphatic heterocycles. The third kappa shape index (κ3) is 3.72. The van der Waals surface area contributed by atoms with Crippen molar-refractivity contribution in [3.05, 3.63) is 57.4 Å². The molecule has 1 aromatic carbocycles. The summed E-state index contributed by atoms with van der Waals surface area (Å²) in [6.07, 6.45) is 1.52. The lowest BCUT2D eigenvalue weighted by atomic mass is 10.3. The minimum Gasteiger partial charge on any atom is -0.497 e. The van der Waals surface area contributed by atoms with Crippen molar-refractivity contribution >= 4 is 34.4 Å². The Bertz CT molecular complexity index is 1140. The number of hydrogen-bond acceptors (Lipinski definition) is 6. The average Bonchev–Trinajstić information content (AvgIpc) is 2.68. The number of fused-ring (bicyclic) bond motifs is 1. The van der Waals surface area contributed by atoms with E-state index in [1.165, 1.54) is 29.6 Å². The summed E-state index contributed by atoms with van der Waals surface area (Å²) in [5, 5.41) is 3.11. The Kier molecular flexibility index (Phi) is 5.31. The molecule has 27 heavy (non-hydrogen) atoms. The molecule has 140 valence electrons. The second kappa shape index (κ2) is 7.67. The van der Waals surface area contributed by atoms with E-state index in [0.29, 0.717) is 27.4 Å². The second-order valence-corrected chi connectivity index (χ2v) is 6.80. The number of benzene rings is 1. The number of aryl methyl sites for hydroxylation is 1. The lowest BCUT2D eigenvalue weighted by Gasteiger charge is -2.10. The lowest BCUT2D eigenvalue weighted by Crippen LogP contribution is -2.37. The van der Waals surface area contributed by atoms with E-state index in [4.69, 9.17) is 4.74 Å². The van der Waals surface area contributed by atoms with Gasteiger partial charge in [-0.3, -0.25) is 18.7 Å². The Morgan fingerprint density at radius 2 is 2.00 bits per heavy atom. The first-order valence-corrected chi connectivity index (χ1v) is 9.02. The van der Waals surface area contributed by atoms with E-state index in [1.807, 2.05) is 0 Å². The highest BCUT2D eigenvalue weighted by atomic mass is 32.2. The van der Waals surface area contributed by atoms with Crippen LogP contribution in [-0.4, -0.2) is 32.9 Å². The Morgan fingerprint density at radius 3 is 2.74 bits per heavy atom. The van der Waals surface area contributed by atoms with Crippen LogP contribution in [0.25, 0.3) is 11.0 Å². The number of hydrogen-bond donors (Lipinski definition) is 1. The minimum atomic E-state index is -0.446. The number of nitrogens with one attached hydrogen (secondary N) is 1. The monoisotopic (exact) mass is 386 g/mol. The van der Waals surface area contributed by atoms with Crippen LogP contribution in [0.4, 0.5) is 5.69 Å². The van der Waals surface area contributed by atoms with Crippen LogP contribution in [0.15, 0.2) is 51.0 Å². The molecule has 0 spiro atoms. The SMILES string of the molecule is COc1cccc(NC(=O)CSc2ccnc3c2c(=O)n(C)c(=O)n3C)c1. The molecule has 0 unspecified atom stereocenters. The van der Waals surface area contributed by atoms with Gasteiger partial charge in [-0.2, -0.15) is 0 Å². The highest BCUT2D eigenvalue weighted by Crippen LogP contribution is 2.24. The molecule has 0 fully saturated rings. The van der Waals surface area contributed by atoms with Gasteiger partial charge in [0.1, 0.15) is 11.4 Å². The fourth-order valence-corrected chi connectivity index (χ4v) is 3.46.